The Kier molecular flexibility index (Phi) is 3.21. The average Bonchev–Trinajstić information content (AvgIpc) is 2.94. The molecule has 1 aliphatic heterocycles. The normalized spacial score (nSPS) is 25.7. The molecule has 2 heterocycles. The van der Waals surface area contributed by atoms with Gasteiger partial charge in [0.1, 0.15) is 10.8 Å². The molecule has 3 nitrogen and oxygen atoms in total. The third kappa shape index (κ3) is 2.22. The van der Waals surface area contributed by atoms with Gasteiger partial charge in [-0.1, -0.05) is 26.1 Å². The van der Waals surface area contributed by atoms with Gasteiger partial charge in [0, 0.05) is 18.8 Å². The predicted molar refractivity (Wildman–Crippen MR) is 82.7 cm³/mol. The summed E-state index contributed by atoms with van der Waals surface area (Å²) in [5, 5.41) is 0. The van der Waals surface area contributed by atoms with Crippen LogP contribution in [0.2, 0.25) is 0 Å². The monoisotopic (exact) mass is 275 g/mol. The van der Waals surface area contributed by atoms with Crippen molar-refractivity contribution in [2.45, 2.75) is 33.1 Å². The molecule has 0 amide bonds. The van der Waals surface area contributed by atoms with E-state index in [0.717, 1.165) is 37.3 Å². The van der Waals surface area contributed by atoms with E-state index in [1.54, 1.807) is 0 Å². The number of rotatable bonds is 2. The first-order chi connectivity index (χ1) is 9.06. The Hall–Kier alpha value is -1.16. The van der Waals surface area contributed by atoms with Crippen LogP contribution in [-0.4, -0.2) is 23.1 Å². The molecule has 1 aromatic heterocycles. The Bertz CT molecular complexity index is 516. The molecule has 0 bridgehead atoms. The molecule has 1 aliphatic carbocycles. The Balaban J connectivity index is 2.02. The summed E-state index contributed by atoms with van der Waals surface area (Å²) in [6.45, 7) is 6.72. The van der Waals surface area contributed by atoms with E-state index in [1.807, 2.05) is 0 Å². The van der Waals surface area contributed by atoms with E-state index in [4.69, 9.17) is 22.9 Å². The van der Waals surface area contributed by atoms with Gasteiger partial charge in [-0.05, 0) is 42.7 Å². The molecule has 0 saturated carbocycles. The van der Waals surface area contributed by atoms with Gasteiger partial charge in [0.05, 0.1) is 5.56 Å². The number of pyridine rings is 1. The van der Waals surface area contributed by atoms with Crippen molar-refractivity contribution in [3.8, 4) is 0 Å². The molecule has 3 rings (SSSR count). The summed E-state index contributed by atoms with van der Waals surface area (Å²) < 4.78 is 0. The molecule has 102 valence electrons. The van der Waals surface area contributed by atoms with E-state index in [1.165, 1.54) is 17.7 Å². The van der Waals surface area contributed by atoms with Crippen LogP contribution in [0.3, 0.4) is 0 Å². The Labute approximate surface area is 120 Å². The second-order valence-corrected chi connectivity index (χ2v) is 6.48. The number of nitrogens with two attached hydrogens (primary N) is 1. The summed E-state index contributed by atoms with van der Waals surface area (Å²) >= 11 is 5.23. The highest BCUT2D eigenvalue weighted by molar-refractivity contribution is 7.80. The zero-order valence-electron chi connectivity index (χ0n) is 11.6. The zero-order valence-corrected chi connectivity index (χ0v) is 12.5. The average molecular weight is 275 g/mol. The molecule has 2 N–H and O–H groups in total. The summed E-state index contributed by atoms with van der Waals surface area (Å²) in [6.07, 6.45) is 3.42. The van der Waals surface area contributed by atoms with E-state index < -0.39 is 0 Å². The van der Waals surface area contributed by atoms with E-state index >= 15 is 0 Å². The highest BCUT2D eigenvalue weighted by Gasteiger charge is 2.30. The van der Waals surface area contributed by atoms with Gasteiger partial charge >= 0.3 is 0 Å². The number of aromatic nitrogens is 1. The van der Waals surface area contributed by atoms with Crippen molar-refractivity contribution in [2.75, 3.05) is 18.0 Å². The molecule has 1 fully saturated rings. The SMILES string of the molecule is CC1CN(c2nc3c(cc2C(N)=S)CCC3)CC1C. The van der Waals surface area contributed by atoms with E-state index in [2.05, 4.69) is 24.8 Å². The zero-order chi connectivity index (χ0) is 13.6. The number of anilines is 1. The highest BCUT2D eigenvalue weighted by Crippen LogP contribution is 2.32. The quantitative estimate of drug-likeness (QED) is 0.841. The van der Waals surface area contributed by atoms with Crippen LogP contribution < -0.4 is 10.6 Å². The van der Waals surface area contributed by atoms with Crippen LogP contribution in [0.25, 0.3) is 0 Å². The Morgan fingerprint density at radius 3 is 2.63 bits per heavy atom. The molecule has 2 atom stereocenters. The maximum atomic E-state index is 5.91. The van der Waals surface area contributed by atoms with Crippen molar-refractivity contribution in [2.24, 2.45) is 17.6 Å². The number of aryl methyl sites for hydroxylation is 2. The Morgan fingerprint density at radius 1 is 1.32 bits per heavy atom. The fourth-order valence-corrected chi connectivity index (χ4v) is 3.34. The van der Waals surface area contributed by atoms with Gasteiger partial charge in [-0.25, -0.2) is 4.98 Å². The second-order valence-electron chi connectivity index (χ2n) is 6.04. The molecular weight excluding hydrogens is 254 g/mol. The standard InChI is InChI=1S/C15H21N3S/c1-9-7-18(8-10(9)2)15-12(14(16)19)6-11-4-3-5-13(11)17-15/h6,9-10H,3-5,7-8H2,1-2H3,(H2,16,19). The van der Waals surface area contributed by atoms with Gasteiger partial charge in [-0.2, -0.15) is 0 Å². The van der Waals surface area contributed by atoms with Crippen LogP contribution in [0.15, 0.2) is 6.07 Å². The first-order valence-electron chi connectivity index (χ1n) is 7.14. The number of fused-ring (bicyclic) bond motifs is 1. The lowest BCUT2D eigenvalue weighted by molar-refractivity contribution is 0.494. The van der Waals surface area contributed by atoms with Crippen molar-refractivity contribution in [1.29, 1.82) is 0 Å². The lowest BCUT2D eigenvalue weighted by atomic mass is 10.0. The van der Waals surface area contributed by atoms with Crippen molar-refractivity contribution in [3.63, 3.8) is 0 Å². The summed E-state index contributed by atoms with van der Waals surface area (Å²) in [5.41, 5.74) is 9.47. The first-order valence-corrected chi connectivity index (χ1v) is 7.54. The largest absolute Gasteiger partial charge is 0.389 e. The predicted octanol–water partition coefficient (Wildman–Crippen LogP) is 2.30. The molecule has 2 unspecified atom stereocenters. The van der Waals surface area contributed by atoms with Crippen molar-refractivity contribution in [3.05, 3.63) is 22.9 Å². The number of hydrogen-bond acceptors (Lipinski definition) is 3. The molecule has 0 aromatic carbocycles. The maximum absolute atomic E-state index is 5.91. The Morgan fingerprint density at radius 2 is 2.00 bits per heavy atom. The van der Waals surface area contributed by atoms with E-state index in [9.17, 15) is 0 Å². The van der Waals surface area contributed by atoms with Gasteiger partial charge < -0.3 is 10.6 Å². The van der Waals surface area contributed by atoms with E-state index in [-0.39, 0.29) is 0 Å². The lowest BCUT2D eigenvalue weighted by Gasteiger charge is -2.21. The van der Waals surface area contributed by atoms with Crippen LogP contribution >= 0.6 is 12.2 Å². The number of nitrogens with zero attached hydrogens (tertiary/aromatic N) is 2. The number of thiocarbonyl (C=S) groups is 1. The minimum Gasteiger partial charge on any atom is -0.389 e. The van der Waals surface area contributed by atoms with Gasteiger partial charge in [0.15, 0.2) is 0 Å². The minimum absolute atomic E-state index is 0.476. The number of hydrogen-bond donors (Lipinski definition) is 1. The minimum atomic E-state index is 0.476. The smallest absolute Gasteiger partial charge is 0.139 e. The molecule has 0 spiro atoms. The molecular formula is C15H21N3S. The van der Waals surface area contributed by atoms with Gasteiger partial charge in [-0.3, -0.25) is 0 Å². The topological polar surface area (TPSA) is 42.2 Å². The van der Waals surface area contributed by atoms with Crippen LogP contribution in [0.4, 0.5) is 5.82 Å². The third-order valence-corrected chi connectivity index (χ3v) is 4.80. The molecule has 2 aliphatic rings. The first kappa shape index (κ1) is 12.9. The van der Waals surface area contributed by atoms with Crippen LogP contribution in [0.1, 0.15) is 37.1 Å². The van der Waals surface area contributed by atoms with E-state index in [0.29, 0.717) is 16.8 Å². The maximum Gasteiger partial charge on any atom is 0.139 e. The highest BCUT2D eigenvalue weighted by atomic mass is 32.1. The van der Waals surface area contributed by atoms with Crippen molar-refractivity contribution >= 4 is 23.0 Å². The summed E-state index contributed by atoms with van der Waals surface area (Å²) in [7, 11) is 0. The third-order valence-electron chi connectivity index (χ3n) is 4.58. The molecule has 1 saturated heterocycles. The molecule has 4 heteroatoms. The van der Waals surface area contributed by atoms with Crippen LogP contribution in [0, 0.1) is 11.8 Å². The summed E-state index contributed by atoms with van der Waals surface area (Å²) in [4.78, 5) is 7.72. The van der Waals surface area contributed by atoms with Crippen molar-refractivity contribution < 1.29 is 0 Å². The van der Waals surface area contributed by atoms with Crippen molar-refractivity contribution in [1.82, 2.24) is 4.98 Å². The van der Waals surface area contributed by atoms with Gasteiger partial charge in [0.2, 0.25) is 0 Å². The van der Waals surface area contributed by atoms with Crippen LogP contribution in [-0.2, 0) is 12.8 Å². The molecule has 0 radical (unpaired) electrons. The fraction of sp³-hybridized carbons (Fsp3) is 0.600. The lowest BCUT2D eigenvalue weighted by Crippen LogP contribution is -2.25. The second kappa shape index (κ2) is 4.75. The van der Waals surface area contributed by atoms with Gasteiger partial charge in [0.25, 0.3) is 0 Å². The van der Waals surface area contributed by atoms with Gasteiger partial charge in [-0.15, -0.1) is 0 Å². The van der Waals surface area contributed by atoms with Crippen LogP contribution in [0.5, 0.6) is 0 Å². The summed E-state index contributed by atoms with van der Waals surface area (Å²) in [6, 6.07) is 2.18. The molecule has 1 aromatic rings. The fourth-order valence-electron chi connectivity index (χ4n) is 3.19. The summed E-state index contributed by atoms with van der Waals surface area (Å²) in [5.74, 6) is 2.42. The molecule has 19 heavy (non-hydrogen) atoms.